The first kappa shape index (κ1) is 14.5. The van der Waals surface area contributed by atoms with Gasteiger partial charge in [-0.2, -0.15) is 0 Å². The second-order valence-electron chi connectivity index (χ2n) is 4.83. The highest BCUT2D eigenvalue weighted by Gasteiger charge is 2.25. The molecule has 96 valence electrons. The van der Waals surface area contributed by atoms with E-state index in [1.807, 2.05) is 18.3 Å². The van der Waals surface area contributed by atoms with E-state index in [0.29, 0.717) is 11.8 Å². The summed E-state index contributed by atoms with van der Waals surface area (Å²) < 4.78 is 0. The number of alkyl halides is 1. The predicted octanol–water partition coefficient (Wildman–Crippen LogP) is 5.01. The van der Waals surface area contributed by atoms with Gasteiger partial charge in [-0.05, 0) is 30.9 Å². The van der Waals surface area contributed by atoms with Crippen molar-refractivity contribution < 1.29 is 0 Å². The Morgan fingerprint density at radius 1 is 1.18 bits per heavy atom. The summed E-state index contributed by atoms with van der Waals surface area (Å²) in [4.78, 5) is 4.42. The molecular formula is C15H24ClN. The lowest BCUT2D eigenvalue weighted by Crippen LogP contribution is -2.21. The summed E-state index contributed by atoms with van der Waals surface area (Å²) >= 11 is 6.65. The van der Waals surface area contributed by atoms with Gasteiger partial charge in [-0.1, -0.05) is 39.7 Å². The molecule has 0 aliphatic carbocycles. The third-order valence-electron chi connectivity index (χ3n) is 3.40. The molecule has 1 rings (SSSR count). The smallest absolute Gasteiger partial charge is 0.0446 e. The third kappa shape index (κ3) is 4.31. The minimum absolute atomic E-state index is 0.199. The zero-order valence-corrected chi connectivity index (χ0v) is 12.0. The molecule has 1 heterocycles. The molecule has 0 radical (unpaired) electrons. The lowest BCUT2D eigenvalue weighted by Gasteiger charge is -2.26. The van der Waals surface area contributed by atoms with E-state index in [1.165, 1.54) is 25.7 Å². The number of nitrogens with zero attached hydrogens (tertiary/aromatic N) is 1. The van der Waals surface area contributed by atoms with E-state index in [4.69, 9.17) is 11.6 Å². The average molecular weight is 254 g/mol. The van der Waals surface area contributed by atoms with Crippen molar-refractivity contribution in [1.29, 1.82) is 0 Å². The van der Waals surface area contributed by atoms with E-state index in [-0.39, 0.29) is 5.38 Å². The van der Waals surface area contributed by atoms with Crippen LogP contribution < -0.4 is 0 Å². The Bertz CT molecular complexity index is 293. The molecule has 0 amide bonds. The number of rotatable bonds is 7. The summed E-state index contributed by atoms with van der Waals surface area (Å²) in [6, 6.07) is 6.07. The Balaban J connectivity index is 2.69. The van der Waals surface area contributed by atoms with E-state index >= 15 is 0 Å². The second kappa shape index (κ2) is 7.71. The quantitative estimate of drug-likeness (QED) is 0.623. The Morgan fingerprint density at radius 2 is 1.82 bits per heavy atom. The molecule has 17 heavy (non-hydrogen) atoms. The van der Waals surface area contributed by atoms with Gasteiger partial charge in [0.2, 0.25) is 0 Å². The van der Waals surface area contributed by atoms with Crippen molar-refractivity contribution in [1.82, 2.24) is 4.98 Å². The Morgan fingerprint density at radius 3 is 2.29 bits per heavy atom. The lowest BCUT2D eigenvalue weighted by molar-refractivity contribution is 0.390. The maximum absolute atomic E-state index is 6.65. The first-order valence-corrected chi connectivity index (χ1v) is 7.19. The minimum Gasteiger partial charge on any atom is -0.261 e. The molecule has 0 N–H and O–H groups in total. The van der Waals surface area contributed by atoms with E-state index in [1.54, 1.807) is 0 Å². The monoisotopic (exact) mass is 253 g/mol. The summed E-state index contributed by atoms with van der Waals surface area (Å²) in [5.74, 6) is 0.949. The standard InChI is InChI=1S/C15H24ClN/c1-4-8-13(9-5-2)15(16)12(3)14-10-6-7-11-17-14/h6-7,10-13,15H,4-5,8-9H2,1-3H3. The molecule has 1 aromatic heterocycles. The Hall–Kier alpha value is -0.560. The number of hydrogen-bond acceptors (Lipinski definition) is 1. The van der Waals surface area contributed by atoms with Crippen LogP contribution in [0.1, 0.15) is 58.1 Å². The molecule has 2 heteroatoms. The van der Waals surface area contributed by atoms with Gasteiger partial charge in [0, 0.05) is 23.2 Å². The van der Waals surface area contributed by atoms with Crippen molar-refractivity contribution in [3.63, 3.8) is 0 Å². The highest BCUT2D eigenvalue weighted by atomic mass is 35.5. The molecule has 1 nitrogen and oxygen atoms in total. The van der Waals surface area contributed by atoms with Crippen LogP contribution >= 0.6 is 11.6 Å². The van der Waals surface area contributed by atoms with E-state index in [0.717, 1.165) is 5.69 Å². The van der Waals surface area contributed by atoms with Crippen molar-refractivity contribution in [2.75, 3.05) is 0 Å². The zero-order chi connectivity index (χ0) is 12.7. The first-order chi connectivity index (χ1) is 8.20. The van der Waals surface area contributed by atoms with Gasteiger partial charge in [0.05, 0.1) is 0 Å². The fourth-order valence-electron chi connectivity index (χ4n) is 2.42. The van der Waals surface area contributed by atoms with Crippen LogP contribution in [-0.4, -0.2) is 10.4 Å². The molecule has 0 aliphatic rings. The summed E-state index contributed by atoms with van der Waals surface area (Å²) in [5, 5.41) is 0.199. The molecule has 2 unspecified atom stereocenters. The van der Waals surface area contributed by atoms with Crippen LogP contribution in [0.2, 0.25) is 0 Å². The largest absolute Gasteiger partial charge is 0.261 e. The van der Waals surface area contributed by atoms with E-state index in [2.05, 4.69) is 31.8 Å². The molecular weight excluding hydrogens is 230 g/mol. The first-order valence-electron chi connectivity index (χ1n) is 6.75. The molecule has 0 aromatic carbocycles. The van der Waals surface area contributed by atoms with Crippen LogP contribution in [0.3, 0.4) is 0 Å². The number of halogens is 1. The van der Waals surface area contributed by atoms with Crippen LogP contribution in [-0.2, 0) is 0 Å². The van der Waals surface area contributed by atoms with Crippen molar-refractivity contribution in [3.8, 4) is 0 Å². The molecule has 0 aliphatic heterocycles. The van der Waals surface area contributed by atoms with Crippen LogP contribution in [0.4, 0.5) is 0 Å². The van der Waals surface area contributed by atoms with E-state index < -0.39 is 0 Å². The molecule has 0 spiro atoms. The average Bonchev–Trinajstić information content (AvgIpc) is 2.38. The highest BCUT2D eigenvalue weighted by molar-refractivity contribution is 6.21. The number of hydrogen-bond donors (Lipinski definition) is 0. The van der Waals surface area contributed by atoms with Gasteiger partial charge in [0.25, 0.3) is 0 Å². The van der Waals surface area contributed by atoms with Gasteiger partial charge in [-0.3, -0.25) is 4.98 Å². The maximum atomic E-state index is 6.65. The SMILES string of the molecule is CCCC(CCC)C(Cl)C(C)c1ccccn1. The van der Waals surface area contributed by atoms with Crippen molar-refractivity contribution in [3.05, 3.63) is 30.1 Å². The van der Waals surface area contributed by atoms with Gasteiger partial charge in [0.15, 0.2) is 0 Å². The maximum Gasteiger partial charge on any atom is 0.0446 e. The summed E-state index contributed by atoms with van der Waals surface area (Å²) in [7, 11) is 0. The molecule has 0 bridgehead atoms. The second-order valence-corrected chi connectivity index (χ2v) is 5.33. The summed E-state index contributed by atoms with van der Waals surface area (Å²) in [6.07, 6.45) is 6.72. The van der Waals surface area contributed by atoms with Crippen LogP contribution in [0.25, 0.3) is 0 Å². The summed E-state index contributed by atoms with van der Waals surface area (Å²) in [6.45, 7) is 6.66. The van der Waals surface area contributed by atoms with Crippen molar-refractivity contribution in [2.45, 2.75) is 57.7 Å². The normalized spacial score (nSPS) is 14.9. The Labute approximate surface area is 111 Å². The lowest BCUT2D eigenvalue weighted by atomic mass is 9.86. The van der Waals surface area contributed by atoms with Gasteiger partial charge in [-0.15, -0.1) is 11.6 Å². The fourth-order valence-corrected chi connectivity index (χ4v) is 2.80. The number of pyridine rings is 1. The molecule has 2 atom stereocenters. The highest BCUT2D eigenvalue weighted by Crippen LogP contribution is 2.32. The fraction of sp³-hybridized carbons (Fsp3) is 0.667. The Kier molecular flexibility index (Phi) is 6.57. The van der Waals surface area contributed by atoms with Gasteiger partial charge < -0.3 is 0 Å². The van der Waals surface area contributed by atoms with Crippen LogP contribution in [0.15, 0.2) is 24.4 Å². The molecule has 0 saturated heterocycles. The number of aromatic nitrogens is 1. The van der Waals surface area contributed by atoms with Crippen LogP contribution in [0, 0.1) is 5.92 Å². The van der Waals surface area contributed by atoms with Crippen molar-refractivity contribution in [2.24, 2.45) is 5.92 Å². The zero-order valence-electron chi connectivity index (χ0n) is 11.2. The molecule has 0 saturated carbocycles. The van der Waals surface area contributed by atoms with Gasteiger partial charge in [-0.25, -0.2) is 0 Å². The molecule has 0 fully saturated rings. The van der Waals surface area contributed by atoms with E-state index in [9.17, 15) is 0 Å². The van der Waals surface area contributed by atoms with Gasteiger partial charge in [0.1, 0.15) is 0 Å². The topological polar surface area (TPSA) is 12.9 Å². The summed E-state index contributed by atoms with van der Waals surface area (Å²) in [5.41, 5.74) is 1.12. The van der Waals surface area contributed by atoms with Crippen LogP contribution in [0.5, 0.6) is 0 Å². The third-order valence-corrected chi connectivity index (χ3v) is 4.14. The predicted molar refractivity (Wildman–Crippen MR) is 75.6 cm³/mol. The van der Waals surface area contributed by atoms with Gasteiger partial charge >= 0.3 is 0 Å². The van der Waals surface area contributed by atoms with Crippen molar-refractivity contribution >= 4 is 11.6 Å². The molecule has 1 aromatic rings. The minimum atomic E-state index is 0.199.